The SMILES string of the molecule is CN=C(NCc1ccc(C(=O)N(C)C)cc1)NC(C)C(C)C. The van der Waals surface area contributed by atoms with Crippen molar-refractivity contribution in [2.45, 2.75) is 33.4 Å². The van der Waals surface area contributed by atoms with Gasteiger partial charge in [-0.3, -0.25) is 9.79 Å². The third-order valence-corrected chi connectivity index (χ3v) is 3.66. The molecule has 2 N–H and O–H groups in total. The van der Waals surface area contributed by atoms with Crippen molar-refractivity contribution in [1.29, 1.82) is 0 Å². The van der Waals surface area contributed by atoms with E-state index in [4.69, 9.17) is 0 Å². The topological polar surface area (TPSA) is 56.7 Å². The van der Waals surface area contributed by atoms with Crippen LogP contribution in [0.1, 0.15) is 36.7 Å². The maximum absolute atomic E-state index is 11.8. The van der Waals surface area contributed by atoms with Crippen molar-refractivity contribution in [1.82, 2.24) is 15.5 Å². The lowest BCUT2D eigenvalue weighted by Gasteiger charge is -2.20. The van der Waals surface area contributed by atoms with Crippen molar-refractivity contribution in [2.24, 2.45) is 10.9 Å². The number of aliphatic imine (C=N–C) groups is 1. The number of guanidine groups is 1. The molecule has 1 atom stereocenters. The zero-order valence-corrected chi connectivity index (χ0v) is 14.5. The third kappa shape index (κ3) is 5.39. The number of carbonyl (C=O) groups excluding carboxylic acids is 1. The lowest BCUT2D eigenvalue weighted by molar-refractivity contribution is 0.0827. The maximum atomic E-state index is 11.8. The van der Waals surface area contributed by atoms with Crippen LogP contribution in [0.2, 0.25) is 0 Å². The van der Waals surface area contributed by atoms with Gasteiger partial charge in [0.05, 0.1) is 0 Å². The molecule has 5 nitrogen and oxygen atoms in total. The highest BCUT2D eigenvalue weighted by molar-refractivity contribution is 5.93. The molecular weight excluding hydrogens is 276 g/mol. The number of nitrogens with zero attached hydrogens (tertiary/aromatic N) is 2. The molecule has 0 radical (unpaired) electrons. The van der Waals surface area contributed by atoms with E-state index >= 15 is 0 Å². The summed E-state index contributed by atoms with van der Waals surface area (Å²) < 4.78 is 0. The van der Waals surface area contributed by atoms with Crippen LogP contribution in [0.5, 0.6) is 0 Å². The fourth-order valence-corrected chi connectivity index (χ4v) is 1.79. The first-order chi connectivity index (χ1) is 10.3. The van der Waals surface area contributed by atoms with Crippen molar-refractivity contribution in [3.05, 3.63) is 35.4 Å². The van der Waals surface area contributed by atoms with Crippen molar-refractivity contribution < 1.29 is 4.79 Å². The van der Waals surface area contributed by atoms with Crippen LogP contribution in [0.15, 0.2) is 29.3 Å². The predicted octanol–water partition coefficient (Wildman–Crippen LogP) is 2.10. The van der Waals surface area contributed by atoms with Crippen LogP contribution in [0.25, 0.3) is 0 Å². The molecule has 0 bridgehead atoms. The fraction of sp³-hybridized carbons (Fsp3) is 0.529. The molecule has 1 aromatic rings. The Morgan fingerprint density at radius 2 is 1.77 bits per heavy atom. The van der Waals surface area contributed by atoms with E-state index in [9.17, 15) is 4.79 Å². The average molecular weight is 304 g/mol. The zero-order chi connectivity index (χ0) is 16.7. The first kappa shape index (κ1) is 18.0. The van der Waals surface area contributed by atoms with Gasteiger partial charge in [-0.2, -0.15) is 0 Å². The smallest absolute Gasteiger partial charge is 0.253 e. The van der Waals surface area contributed by atoms with Crippen molar-refractivity contribution >= 4 is 11.9 Å². The highest BCUT2D eigenvalue weighted by Crippen LogP contribution is 2.06. The Morgan fingerprint density at radius 1 is 1.18 bits per heavy atom. The minimum Gasteiger partial charge on any atom is -0.354 e. The number of benzene rings is 1. The molecule has 0 aromatic heterocycles. The van der Waals surface area contributed by atoms with Gasteiger partial charge >= 0.3 is 0 Å². The summed E-state index contributed by atoms with van der Waals surface area (Å²) >= 11 is 0. The Bertz CT molecular complexity index is 506. The zero-order valence-electron chi connectivity index (χ0n) is 14.5. The monoisotopic (exact) mass is 304 g/mol. The standard InChI is InChI=1S/C17H28N4O/c1-12(2)13(3)20-17(18-4)19-11-14-7-9-15(10-8-14)16(22)21(5)6/h7-10,12-13H,11H2,1-6H3,(H2,18,19,20). The third-order valence-electron chi connectivity index (χ3n) is 3.66. The van der Waals surface area contributed by atoms with Crippen LogP contribution >= 0.6 is 0 Å². The molecule has 0 heterocycles. The van der Waals surface area contributed by atoms with E-state index in [0.717, 1.165) is 11.5 Å². The van der Waals surface area contributed by atoms with Gasteiger partial charge in [0.2, 0.25) is 0 Å². The lowest BCUT2D eigenvalue weighted by Crippen LogP contribution is -2.43. The molecule has 1 rings (SSSR count). The van der Waals surface area contributed by atoms with Gasteiger partial charge in [0.15, 0.2) is 5.96 Å². The summed E-state index contributed by atoms with van der Waals surface area (Å²) in [6.45, 7) is 7.15. The molecule has 1 aromatic carbocycles. The van der Waals surface area contributed by atoms with Gasteiger partial charge in [-0.1, -0.05) is 26.0 Å². The van der Waals surface area contributed by atoms with Gasteiger partial charge in [0.1, 0.15) is 0 Å². The van der Waals surface area contributed by atoms with E-state index in [-0.39, 0.29) is 5.91 Å². The molecule has 0 aliphatic rings. The second kappa shape index (κ2) is 8.41. The number of rotatable bonds is 5. The summed E-state index contributed by atoms with van der Waals surface area (Å²) in [6.07, 6.45) is 0. The van der Waals surface area contributed by atoms with Gasteiger partial charge in [0, 0.05) is 39.3 Å². The highest BCUT2D eigenvalue weighted by atomic mass is 16.2. The Morgan fingerprint density at radius 3 is 2.23 bits per heavy atom. The normalized spacial score (nSPS) is 13.0. The van der Waals surface area contributed by atoms with Crippen molar-refractivity contribution in [3.8, 4) is 0 Å². The van der Waals surface area contributed by atoms with E-state index in [0.29, 0.717) is 24.1 Å². The molecular formula is C17H28N4O. The Labute approximate surface area is 133 Å². The van der Waals surface area contributed by atoms with Crippen LogP contribution < -0.4 is 10.6 Å². The maximum Gasteiger partial charge on any atom is 0.253 e. The second-order valence-corrected chi connectivity index (χ2v) is 6.00. The van der Waals surface area contributed by atoms with Crippen LogP contribution in [-0.2, 0) is 6.54 Å². The minimum absolute atomic E-state index is 0.0164. The Balaban J connectivity index is 2.59. The van der Waals surface area contributed by atoms with E-state index < -0.39 is 0 Å². The first-order valence-electron chi connectivity index (χ1n) is 7.63. The molecule has 0 spiro atoms. The number of nitrogens with one attached hydrogen (secondary N) is 2. The van der Waals surface area contributed by atoms with E-state index in [2.05, 4.69) is 36.4 Å². The van der Waals surface area contributed by atoms with Crippen LogP contribution in [0.3, 0.4) is 0 Å². The average Bonchev–Trinajstić information content (AvgIpc) is 2.50. The quantitative estimate of drug-likeness (QED) is 0.647. The molecule has 0 aliphatic carbocycles. The summed E-state index contributed by atoms with van der Waals surface area (Å²) in [5.74, 6) is 1.34. The molecule has 5 heteroatoms. The molecule has 122 valence electrons. The number of hydrogen-bond acceptors (Lipinski definition) is 2. The van der Waals surface area contributed by atoms with Crippen LogP contribution in [0.4, 0.5) is 0 Å². The largest absolute Gasteiger partial charge is 0.354 e. The molecule has 0 fully saturated rings. The highest BCUT2D eigenvalue weighted by Gasteiger charge is 2.09. The molecule has 0 saturated carbocycles. The van der Waals surface area contributed by atoms with Crippen LogP contribution in [0, 0.1) is 5.92 Å². The molecule has 22 heavy (non-hydrogen) atoms. The molecule has 0 aliphatic heterocycles. The van der Waals surface area contributed by atoms with Crippen LogP contribution in [-0.4, -0.2) is 44.0 Å². The van der Waals surface area contributed by atoms with Gasteiger partial charge in [-0.15, -0.1) is 0 Å². The van der Waals surface area contributed by atoms with Gasteiger partial charge in [0.25, 0.3) is 5.91 Å². The Hall–Kier alpha value is -2.04. The van der Waals surface area contributed by atoms with Gasteiger partial charge in [-0.25, -0.2) is 0 Å². The lowest BCUT2D eigenvalue weighted by atomic mass is 10.1. The summed E-state index contributed by atoms with van der Waals surface area (Å²) in [5.41, 5.74) is 1.81. The van der Waals surface area contributed by atoms with E-state index in [1.807, 2.05) is 24.3 Å². The predicted molar refractivity (Wildman–Crippen MR) is 92.1 cm³/mol. The fourth-order valence-electron chi connectivity index (χ4n) is 1.79. The summed E-state index contributed by atoms with van der Waals surface area (Å²) in [6, 6.07) is 7.98. The van der Waals surface area contributed by atoms with E-state index in [1.165, 1.54) is 0 Å². The summed E-state index contributed by atoms with van der Waals surface area (Å²) in [4.78, 5) is 17.6. The molecule has 0 saturated heterocycles. The van der Waals surface area contributed by atoms with Gasteiger partial charge < -0.3 is 15.5 Å². The summed E-state index contributed by atoms with van der Waals surface area (Å²) in [7, 11) is 5.27. The van der Waals surface area contributed by atoms with Crippen molar-refractivity contribution in [3.63, 3.8) is 0 Å². The van der Waals surface area contributed by atoms with Gasteiger partial charge in [-0.05, 0) is 30.5 Å². The first-order valence-corrected chi connectivity index (χ1v) is 7.63. The Kier molecular flexibility index (Phi) is 6.89. The molecule has 1 unspecified atom stereocenters. The number of amides is 1. The minimum atomic E-state index is 0.0164. The van der Waals surface area contributed by atoms with Crippen molar-refractivity contribution in [2.75, 3.05) is 21.1 Å². The number of carbonyl (C=O) groups is 1. The summed E-state index contributed by atoms with van der Waals surface area (Å²) in [5, 5.41) is 6.65. The molecule has 1 amide bonds. The number of hydrogen-bond donors (Lipinski definition) is 2. The second-order valence-electron chi connectivity index (χ2n) is 6.00. The van der Waals surface area contributed by atoms with E-state index in [1.54, 1.807) is 26.0 Å².